The summed E-state index contributed by atoms with van der Waals surface area (Å²) in [7, 11) is 9.26. The number of carbonyl (C=O) groups is 4. The maximum absolute atomic E-state index is 12.7. The maximum Gasteiger partial charge on any atom is 0.279 e. The molecular formula is C20H18N4O6S4. The monoisotopic (exact) mass is 538 g/mol. The highest BCUT2D eigenvalue weighted by molar-refractivity contribution is 8.26. The van der Waals surface area contributed by atoms with Crippen LogP contribution < -0.4 is 9.47 Å². The summed E-state index contributed by atoms with van der Waals surface area (Å²) < 4.78 is 12.6. The Morgan fingerprint density at radius 1 is 0.500 bits per heavy atom. The zero-order valence-corrected chi connectivity index (χ0v) is 22.1. The smallest absolute Gasteiger partial charge is 0.279 e. The summed E-state index contributed by atoms with van der Waals surface area (Å²) in [5.41, 5.74) is 0.216. The number of ether oxygens (including phenoxy) is 2. The molecule has 1 aromatic rings. The van der Waals surface area contributed by atoms with Crippen LogP contribution >= 0.6 is 47.0 Å². The molecule has 4 heterocycles. The molecule has 0 atom stereocenters. The van der Waals surface area contributed by atoms with Crippen molar-refractivity contribution in [2.75, 3.05) is 42.4 Å². The number of rotatable bonds is 2. The lowest BCUT2D eigenvalue weighted by Gasteiger charge is -2.16. The summed E-state index contributed by atoms with van der Waals surface area (Å²) in [5, 5.41) is 5.10. The largest absolute Gasteiger partial charge is 0.494 e. The molecule has 2 saturated heterocycles. The van der Waals surface area contributed by atoms with Crippen molar-refractivity contribution in [3.8, 4) is 11.5 Å². The Bertz CT molecular complexity index is 1110. The van der Waals surface area contributed by atoms with Crippen LogP contribution in [0.4, 0.5) is 0 Å². The van der Waals surface area contributed by atoms with Gasteiger partial charge in [-0.1, -0.05) is 47.0 Å². The van der Waals surface area contributed by atoms with Gasteiger partial charge >= 0.3 is 0 Å². The number of hydrogen-bond acceptors (Lipinski definition) is 10. The van der Waals surface area contributed by atoms with E-state index < -0.39 is 0 Å². The number of thioether (sulfide) groups is 4. The molecule has 178 valence electrons. The molecule has 10 nitrogen and oxygen atoms in total. The quantitative estimate of drug-likeness (QED) is 0.412. The highest BCUT2D eigenvalue weighted by Crippen LogP contribution is 2.68. The van der Waals surface area contributed by atoms with E-state index in [0.29, 0.717) is 20.0 Å². The van der Waals surface area contributed by atoms with Crippen molar-refractivity contribution in [3.63, 3.8) is 0 Å². The summed E-state index contributed by atoms with van der Waals surface area (Å²) in [5.74, 6) is -0.394. The summed E-state index contributed by atoms with van der Waals surface area (Å²) in [6, 6.07) is 0. The van der Waals surface area contributed by atoms with Crippen LogP contribution in [0.1, 0.15) is 0 Å². The fraction of sp³-hybridized carbons (Fsp3) is 0.300. The average molecular weight is 539 g/mol. The van der Waals surface area contributed by atoms with Gasteiger partial charge in [-0.3, -0.25) is 39.2 Å². The summed E-state index contributed by atoms with van der Waals surface area (Å²) >= 11 is 5.12. The normalized spacial score (nSPS) is 19.9. The molecule has 4 amide bonds. The number of amides is 4. The van der Waals surface area contributed by atoms with Crippen molar-refractivity contribution in [2.24, 2.45) is 0 Å². The molecule has 0 bridgehead atoms. The second-order valence-corrected chi connectivity index (χ2v) is 12.0. The van der Waals surface area contributed by atoms with Crippen molar-refractivity contribution in [2.45, 2.75) is 19.6 Å². The Balaban J connectivity index is 1.63. The highest BCUT2D eigenvalue weighted by Gasteiger charge is 2.46. The number of methoxy groups -OCH3 is 2. The van der Waals surface area contributed by atoms with E-state index in [1.54, 1.807) is 28.2 Å². The molecule has 0 unspecified atom stereocenters. The van der Waals surface area contributed by atoms with Crippen LogP contribution in [0.5, 0.6) is 11.5 Å². The first-order chi connectivity index (χ1) is 16.1. The first kappa shape index (κ1) is 23.3. The predicted molar refractivity (Wildman–Crippen MR) is 128 cm³/mol. The molecular weight excluding hydrogens is 521 g/mol. The molecule has 2 fully saturated rings. The van der Waals surface area contributed by atoms with Crippen molar-refractivity contribution >= 4 is 70.7 Å². The summed E-state index contributed by atoms with van der Waals surface area (Å²) in [4.78, 5) is 53.7. The van der Waals surface area contributed by atoms with Gasteiger partial charge < -0.3 is 9.47 Å². The first-order valence-electron chi connectivity index (χ1n) is 9.76. The number of benzene rings is 1. The number of hydrogen-bond donors (Lipinski definition) is 0. The number of fused-ring (bicyclic) bond motifs is 2. The molecule has 1 aromatic carbocycles. The molecule has 0 aromatic heterocycles. The number of carbonyl (C=O) groups excluding carboxylic acids is 4. The Hall–Kier alpha value is -2.42. The lowest BCUT2D eigenvalue weighted by Crippen LogP contribution is -2.33. The van der Waals surface area contributed by atoms with Gasteiger partial charge in [-0.25, -0.2) is 0 Å². The van der Waals surface area contributed by atoms with Crippen LogP contribution in [0.15, 0.2) is 39.2 Å². The van der Waals surface area contributed by atoms with E-state index >= 15 is 0 Å². The van der Waals surface area contributed by atoms with Gasteiger partial charge in [0.2, 0.25) is 0 Å². The first-order valence-corrected chi connectivity index (χ1v) is 13.0. The fourth-order valence-electron chi connectivity index (χ4n) is 3.70. The SMILES string of the molecule is COc1c2c(c(OC)c3c1SC(=C1C(=O)N(C)N(C)C1=O)S3)SC(=C1C(=O)N(C)N(C)C1=O)S2. The van der Waals surface area contributed by atoms with Crippen molar-refractivity contribution in [1.82, 2.24) is 20.0 Å². The van der Waals surface area contributed by atoms with E-state index in [-0.39, 0.29) is 34.8 Å². The van der Waals surface area contributed by atoms with Gasteiger partial charge in [-0.15, -0.1) is 0 Å². The molecule has 0 spiro atoms. The van der Waals surface area contributed by atoms with Crippen LogP contribution in [0, 0.1) is 0 Å². The van der Waals surface area contributed by atoms with Gasteiger partial charge in [0, 0.05) is 28.2 Å². The van der Waals surface area contributed by atoms with E-state index in [9.17, 15) is 19.2 Å². The fourth-order valence-corrected chi connectivity index (χ4v) is 9.37. The van der Waals surface area contributed by atoms with Gasteiger partial charge in [0.1, 0.15) is 22.6 Å². The summed E-state index contributed by atoms with van der Waals surface area (Å²) in [6.07, 6.45) is 0. The third-order valence-electron chi connectivity index (χ3n) is 5.76. The molecule has 4 aliphatic rings. The second kappa shape index (κ2) is 8.07. The average Bonchev–Trinajstić information content (AvgIpc) is 3.52. The number of likely N-dealkylation sites (N-methyl/N-ethyl adjacent to an activating group) is 4. The van der Waals surface area contributed by atoms with Crippen LogP contribution in [-0.2, 0) is 19.2 Å². The molecule has 0 N–H and O–H groups in total. The summed E-state index contributed by atoms with van der Waals surface area (Å²) in [6.45, 7) is 0. The highest BCUT2D eigenvalue weighted by atomic mass is 32.2. The topological polar surface area (TPSA) is 99.7 Å². The second-order valence-electron chi connectivity index (χ2n) is 7.43. The third kappa shape index (κ3) is 3.01. The van der Waals surface area contributed by atoms with E-state index in [1.165, 1.54) is 81.3 Å². The van der Waals surface area contributed by atoms with Crippen LogP contribution in [0.25, 0.3) is 0 Å². The van der Waals surface area contributed by atoms with Gasteiger partial charge in [0.15, 0.2) is 0 Å². The Morgan fingerprint density at radius 3 is 0.941 bits per heavy atom. The molecule has 34 heavy (non-hydrogen) atoms. The molecule has 5 rings (SSSR count). The zero-order chi connectivity index (χ0) is 24.6. The molecule has 4 aliphatic heterocycles. The van der Waals surface area contributed by atoms with E-state index in [1.807, 2.05) is 0 Å². The van der Waals surface area contributed by atoms with Gasteiger partial charge in [-0.05, 0) is 0 Å². The lowest BCUT2D eigenvalue weighted by molar-refractivity contribution is -0.141. The molecule has 0 aliphatic carbocycles. The minimum Gasteiger partial charge on any atom is -0.494 e. The Labute approximate surface area is 211 Å². The number of hydrazine groups is 2. The van der Waals surface area contributed by atoms with E-state index in [0.717, 1.165) is 19.6 Å². The molecule has 0 radical (unpaired) electrons. The zero-order valence-electron chi connectivity index (χ0n) is 18.9. The van der Waals surface area contributed by atoms with Crippen molar-refractivity contribution in [3.05, 3.63) is 19.6 Å². The lowest BCUT2D eigenvalue weighted by atomic mass is 10.3. The third-order valence-corrected chi connectivity index (χ3v) is 11.0. The Morgan fingerprint density at radius 2 is 0.735 bits per heavy atom. The van der Waals surface area contributed by atoms with Crippen molar-refractivity contribution in [1.29, 1.82) is 0 Å². The molecule has 0 saturated carbocycles. The van der Waals surface area contributed by atoms with Crippen LogP contribution in [-0.4, -0.2) is 86.1 Å². The van der Waals surface area contributed by atoms with E-state index in [2.05, 4.69) is 0 Å². The number of nitrogens with zero attached hydrogens (tertiary/aromatic N) is 4. The predicted octanol–water partition coefficient (Wildman–Crippen LogP) is 2.21. The minimum absolute atomic E-state index is 0.108. The van der Waals surface area contributed by atoms with E-state index in [4.69, 9.17) is 9.47 Å². The Kier molecular flexibility index (Phi) is 5.54. The minimum atomic E-state index is -0.372. The van der Waals surface area contributed by atoms with Gasteiger partial charge in [0.25, 0.3) is 23.6 Å². The van der Waals surface area contributed by atoms with Crippen molar-refractivity contribution < 1.29 is 28.7 Å². The van der Waals surface area contributed by atoms with Crippen LogP contribution in [0.2, 0.25) is 0 Å². The van der Waals surface area contributed by atoms with Gasteiger partial charge in [0.05, 0.1) is 42.3 Å². The maximum atomic E-state index is 12.7. The van der Waals surface area contributed by atoms with Crippen LogP contribution in [0.3, 0.4) is 0 Å². The standard InChI is InChI=1S/C20H18N4O6S4/c1-21-15(25)7(16(26)22(21)2)19-31-11-9(29-5)13-14(10(30-6)12(11)32-19)34-20(33-13)8-17(27)23(3)24(4)18(8)28/h1-6H3. The molecule has 14 heteroatoms. The van der Waals surface area contributed by atoms with Gasteiger partial charge in [-0.2, -0.15) is 0 Å².